The lowest BCUT2D eigenvalue weighted by Crippen LogP contribution is -1.99. The van der Waals surface area contributed by atoms with Gasteiger partial charge in [-0.15, -0.1) is 0 Å². The minimum atomic E-state index is -0.342. The van der Waals surface area contributed by atoms with Gasteiger partial charge in [0.25, 0.3) is 0 Å². The number of rotatable bonds is 4. The molecule has 150 valence electrons. The maximum atomic E-state index is 13.3. The van der Waals surface area contributed by atoms with Crippen molar-refractivity contribution >= 4 is 22.3 Å². The number of fused-ring (bicyclic) bond motifs is 1. The Kier molecular flexibility index (Phi) is 4.45. The summed E-state index contributed by atoms with van der Waals surface area (Å²) in [5.41, 5.74) is 4.21. The van der Waals surface area contributed by atoms with Gasteiger partial charge in [0.2, 0.25) is 0 Å². The molecule has 6 nitrogen and oxygen atoms in total. The highest BCUT2D eigenvalue weighted by Crippen LogP contribution is 2.30. The van der Waals surface area contributed by atoms with Crippen LogP contribution in [0.15, 0.2) is 77.3 Å². The van der Waals surface area contributed by atoms with E-state index in [1.54, 1.807) is 25.3 Å². The van der Waals surface area contributed by atoms with Crippen LogP contribution >= 0.6 is 0 Å². The maximum Gasteiger partial charge on any atom is 0.191 e. The number of halogens is 1. The number of anilines is 2. The van der Waals surface area contributed by atoms with E-state index in [1.165, 1.54) is 16.8 Å². The molecule has 0 aliphatic rings. The summed E-state index contributed by atoms with van der Waals surface area (Å²) >= 11 is 0. The van der Waals surface area contributed by atoms with Gasteiger partial charge in [-0.05, 0) is 60.7 Å². The molecule has 0 saturated heterocycles. The quantitative estimate of drug-likeness (QED) is 0.409. The number of hydrogen-bond acceptors (Lipinski definition) is 5. The molecule has 7 heteroatoms. The van der Waals surface area contributed by atoms with Gasteiger partial charge in [-0.3, -0.25) is 0 Å². The Hall–Kier alpha value is -4.44. The summed E-state index contributed by atoms with van der Waals surface area (Å²) < 4.78 is 20.4. The van der Waals surface area contributed by atoms with Crippen molar-refractivity contribution in [2.24, 2.45) is 0 Å². The molecule has 0 atom stereocenters. The number of aryl methyl sites for hydroxylation is 1. The summed E-state index contributed by atoms with van der Waals surface area (Å²) in [6.45, 7) is 1.81. The molecule has 0 bridgehead atoms. The average Bonchev–Trinajstić information content (AvgIpc) is 3.39. The smallest absolute Gasteiger partial charge is 0.191 e. The fourth-order valence-electron chi connectivity index (χ4n) is 3.45. The van der Waals surface area contributed by atoms with E-state index in [1.807, 2.05) is 42.5 Å². The average molecular weight is 409 g/mol. The van der Waals surface area contributed by atoms with E-state index in [2.05, 4.69) is 21.5 Å². The summed E-state index contributed by atoms with van der Waals surface area (Å²) in [5.74, 6) is 0.988. The number of nitrogens with zero attached hydrogens (tertiary/aromatic N) is 4. The molecule has 2 aromatic heterocycles. The summed E-state index contributed by atoms with van der Waals surface area (Å²) in [4.78, 5) is 4.13. The molecule has 0 aliphatic carbocycles. The molecule has 0 radical (unpaired) electrons. The van der Waals surface area contributed by atoms with Crippen LogP contribution < -0.4 is 5.32 Å². The molecule has 5 rings (SSSR count). The number of nitrogens with one attached hydrogen (secondary N) is 1. The van der Waals surface area contributed by atoms with Crippen LogP contribution in [0.3, 0.4) is 0 Å². The molecule has 3 aromatic carbocycles. The van der Waals surface area contributed by atoms with E-state index in [0.717, 1.165) is 16.9 Å². The van der Waals surface area contributed by atoms with Crippen molar-refractivity contribution in [1.29, 1.82) is 5.26 Å². The highest BCUT2D eigenvalue weighted by atomic mass is 19.1. The van der Waals surface area contributed by atoms with Crippen molar-refractivity contribution < 1.29 is 8.81 Å². The standard InChI is InChI=1S/C24H16FN5O/c1-15-27-14-23(31-15)16-5-9-18(10-6-16)28-21-4-2-3-20-22(13-26)30(29-24(20)21)19-11-7-17(25)8-12-19/h2-12,14,28H,1H3. The lowest BCUT2D eigenvalue weighted by Gasteiger charge is -2.07. The molecular weight excluding hydrogens is 393 g/mol. The highest BCUT2D eigenvalue weighted by Gasteiger charge is 2.15. The summed E-state index contributed by atoms with van der Waals surface area (Å²) in [6.07, 6.45) is 1.70. The van der Waals surface area contributed by atoms with Crippen LogP contribution in [0, 0.1) is 24.1 Å². The van der Waals surface area contributed by atoms with Crippen LogP contribution in [-0.4, -0.2) is 14.8 Å². The zero-order valence-corrected chi connectivity index (χ0v) is 16.5. The third kappa shape index (κ3) is 3.40. The Labute approximate surface area is 177 Å². The van der Waals surface area contributed by atoms with E-state index in [-0.39, 0.29) is 5.82 Å². The summed E-state index contributed by atoms with van der Waals surface area (Å²) in [7, 11) is 0. The molecule has 0 spiro atoms. The Morgan fingerprint density at radius 1 is 1.03 bits per heavy atom. The third-order valence-electron chi connectivity index (χ3n) is 4.95. The number of oxazole rings is 1. The zero-order valence-electron chi connectivity index (χ0n) is 16.5. The second kappa shape index (κ2) is 7.43. The molecular formula is C24H16FN5O. The van der Waals surface area contributed by atoms with Crippen LogP contribution in [0.25, 0.3) is 27.9 Å². The Morgan fingerprint density at radius 2 is 1.81 bits per heavy atom. The van der Waals surface area contributed by atoms with Crippen molar-refractivity contribution in [2.75, 3.05) is 5.32 Å². The van der Waals surface area contributed by atoms with Crippen molar-refractivity contribution in [1.82, 2.24) is 14.8 Å². The lowest BCUT2D eigenvalue weighted by molar-refractivity contribution is 0.534. The number of aromatic nitrogens is 3. The van der Waals surface area contributed by atoms with E-state index in [4.69, 9.17) is 4.42 Å². The molecule has 0 fully saturated rings. The van der Waals surface area contributed by atoms with E-state index in [0.29, 0.717) is 33.9 Å². The number of benzene rings is 3. The molecule has 0 unspecified atom stereocenters. The molecule has 2 heterocycles. The van der Waals surface area contributed by atoms with Crippen LogP contribution in [0.5, 0.6) is 0 Å². The van der Waals surface area contributed by atoms with Crippen molar-refractivity contribution in [3.8, 4) is 23.1 Å². The zero-order chi connectivity index (χ0) is 21.4. The first kappa shape index (κ1) is 18.6. The van der Waals surface area contributed by atoms with Gasteiger partial charge in [0.15, 0.2) is 17.3 Å². The third-order valence-corrected chi connectivity index (χ3v) is 4.95. The molecule has 31 heavy (non-hydrogen) atoms. The minimum absolute atomic E-state index is 0.342. The van der Waals surface area contributed by atoms with E-state index in [9.17, 15) is 9.65 Å². The monoisotopic (exact) mass is 409 g/mol. The Balaban J connectivity index is 1.52. The van der Waals surface area contributed by atoms with Crippen molar-refractivity contribution in [3.63, 3.8) is 0 Å². The second-order valence-corrected chi connectivity index (χ2v) is 7.00. The SMILES string of the molecule is Cc1ncc(-c2ccc(Nc3cccc4c(C#N)n(-c5ccc(F)cc5)nc34)cc2)o1. The molecule has 0 aliphatic heterocycles. The van der Waals surface area contributed by atoms with Gasteiger partial charge in [-0.1, -0.05) is 6.07 Å². The van der Waals surface area contributed by atoms with Gasteiger partial charge in [0.1, 0.15) is 17.4 Å². The van der Waals surface area contributed by atoms with Crippen molar-refractivity contribution in [2.45, 2.75) is 6.92 Å². The van der Waals surface area contributed by atoms with Crippen molar-refractivity contribution in [3.05, 3.63) is 90.3 Å². The molecule has 5 aromatic rings. The first-order valence-corrected chi connectivity index (χ1v) is 9.60. The van der Waals surface area contributed by atoms with Gasteiger partial charge in [0, 0.05) is 23.6 Å². The van der Waals surface area contributed by atoms with Crippen LogP contribution in [0.2, 0.25) is 0 Å². The van der Waals surface area contributed by atoms with Gasteiger partial charge in [0.05, 0.1) is 17.6 Å². The van der Waals surface area contributed by atoms with E-state index >= 15 is 0 Å². The van der Waals surface area contributed by atoms with Crippen LogP contribution in [-0.2, 0) is 0 Å². The van der Waals surface area contributed by atoms with Gasteiger partial charge in [-0.2, -0.15) is 10.4 Å². The summed E-state index contributed by atoms with van der Waals surface area (Å²) in [5, 5.41) is 18.4. The predicted molar refractivity (Wildman–Crippen MR) is 116 cm³/mol. The molecule has 0 amide bonds. The first-order valence-electron chi connectivity index (χ1n) is 9.60. The molecule has 0 saturated carbocycles. The topological polar surface area (TPSA) is 79.7 Å². The van der Waals surface area contributed by atoms with Gasteiger partial charge in [-0.25, -0.2) is 14.1 Å². The second-order valence-electron chi connectivity index (χ2n) is 7.00. The van der Waals surface area contributed by atoms with Crippen LogP contribution in [0.4, 0.5) is 15.8 Å². The summed E-state index contributed by atoms with van der Waals surface area (Å²) in [6, 6.07) is 21.5. The maximum absolute atomic E-state index is 13.3. The van der Waals surface area contributed by atoms with Crippen LogP contribution in [0.1, 0.15) is 11.6 Å². The Morgan fingerprint density at radius 3 is 2.48 bits per heavy atom. The first-order chi connectivity index (χ1) is 15.1. The Bertz CT molecular complexity index is 1430. The largest absolute Gasteiger partial charge is 0.441 e. The minimum Gasteiger partial charge on any atom is -0.441 e. The van der Waals surface area contributed by atoms with E-state index < -0.39 is 0 Å². The number of nitriles is 1. The predicted octanol–water partition coefficient (Wildman–Crippen LogP) is 5.74. The van der Waals surface area contributed by atoms with Gasteiger partial charge >= 0.3 is 0 Å². The lowest BCUT2D eigenvalue weighted by atomic mass is 10.1. The fraction of sp³-hybridized carbons (Fsp3) is 0.0417. The number of hydrogen-bond donors (Lipinski definition) is 1. The fourth-order valence-corrected chi connectivity index (χ4v) is 3.45. The normalized spacial score (nSPS) is 10.9. The molecule has 1 N–H and O–H groups in total. The highest BCUT2D eigenvalue weighted by molar-refractivity contribution is 5.95. The van der Waals surface area contributed by atoms with Gasteiger partial charge < -0.3 is 9.73 Å².